The summed E-state index contributed by atoms with van der Waals surface area (Å²) in [4.78, 5) is 14.8. The molecule has 21 heavy (non-hydrogen) atoms. The number of nitrogens with one attached hydrogen (secondary N) is 2. The van der Waals surface area contributed by atoms with Gasteiger partial charge in [0.15, 0.2) is 0 Å². The quantitative estimate of drug-likeness (QED) is 0.877. The molecule has 1 fully saturated rings. The first-order valence-corrected chi connectivity index (χ1v) is 8.01. The number of rotatable bonds is 3. The number of amides is 1. The lowest BCUT2D eigenvalue weighted by Crippen LogP contribution is -2.52. The first kappa shape index (κ1) is 14.5. The Labute approximate surface area is 126 Å². The number of benzene rings is 1. The normalized spacial score (nSPS) is 25.5. The minimum Gasteiger partial charge on any atom is -0.341 e. The van der Waals surface area contributed by atoms with E-state index in [1.807, 2.05) is 7.05 Å². The van der Waals surface area contributed by atoms with Gasteiger partial charge in [0.05, 0.1) is 6.04 Å². The summed E-state index contributed by atoms with van der Waals surface area (Å²) >= 11 is 0. The van der Waals surface area contributed by atoms with Crippen molar-refractivity contribution in [2.45, 2.75) is 31.8 Å². The molecule has 2 aliphatic rings. The molecule has 4 heteroatoms. The van der Waals surface area contributed by atoms with Crippen LogP contribution in [0.4, 0.5) is 0 Å². The summed E-state index contributed by atoms with van der Waals surface area (Å²) < 4.78 is 0. The van der Waals surface area contributed by atoms with Crippen molar-refractivity contribution in [1.29, 1.82) is 0 Å². The van der Waals surface area contributed by atoms with Gasteiger partial charge in [0.2, 0.25) is 5.91 Å². The molecule has 2 atom stereocenters. The van der Waals surface area contributed by atoms with Crippen molar-refractivity contribution in [3.8, 4) is 0 Å². The van der Waals surface area contributed by atoms with Gasteiger partial charge >= 0.3 is 0 Å². The van der Waals surface area contributed by atoms with Crippen LogP contribution in [0.15, 0.2) is 24.3 Å². The average molecular weight is 287 g/mol. The van der Waals surface area contributed by atoms with Crippen LogP contribution in [-0.4, -0.2) is 43.5 Å². The summed E-state index contributed by atoms with van der Waals surface area (Å²) in [7, 11) is 1.99. The third-order valence-electron chi connectivity index (χ3n) is 4.70. The van der Waals surface area contributed by atoms with Crippen molar-refractivity contribution >= 4 is 5.91 Å². The van der Waals surface area contributed by atoms with Crippen LogP contribution in [0.1, 0.15) is 24.0 Å². The molecular formula is C17H25N3O. The van der Waals surface area contributed by atoms with E-state index >= 15 is 0 Å². The van der Waals surface area contributed by atoms with Crippen LogP contribution in [0.25, 0.3) is 0 Å². The number of piperidine rings is 1. The molecule has 0 aromatic heterocycles. The van der Waals surface area contributed by atoms with Gasteiger partial charge in [-0.3, -0.25) is 4.79 Å². The maximum Gasteiger partial charge on any atom is 0.240 e. The predicted octanol–water partition coefficient (Wildman–Crippen LogP) is 1.16. The van der Waals surface area contributed by atoms with Crippen LogP contribution >= 0.6 is 0 Å². The Hall–Kier alpha value is -1.39. The standard InChI is InChI=1S/C17H25N3O/c1-18-10-13-5-4-8-20(12-13)17(21)16-9-14-6-2-3-7-15(14)11-19-16/h2-3,6-7,13,16,18-19H,4-5,8-12H2,1H3/t13-,16+/m1/s1. The fourth-order valence-electron chi connectivity index (χ4n) is 3.57. The van der Waals surface area contributed by atoms with Crippen LogP contribution in [-0.2, 0) is 17.8 Å². The molecule has 0 bridgehead atoms. The molecule has 0 saturated carbocycles. The summed E-state index contributed by atoms with van der Waals surface area (Å²) in [6.07, 6.45) is 3.18. The van der Waals surface area contributed by atoms with Crippen LogP contribution in [0.3, 0.4) is 0 Å². The molecule has 0 spiro atoms. The van der Waals surface area contributed by atoms with Crippen LogP contribution in [0, 0.1) is 5.92 Å². The number of hydrogen-bond acceptors (Lipinski definition) is 3. The van der Waals surface area contributed by atoms with Gasteiger partial charge in [-0.05, 0) is 49.9 Å². The molecule has 3 rings (SSSR count). The van der Waals surface area contributed by atoms with Crippen molar-refractivity contribution < 1.29 is 4.79 Å². The highest BCUT2D eigenvalue weighted by Gasteiger charge is 2.30. The highest BCUT2D eigenvalue weighted by atomic mass is 16.2. The first-order chi connectivity index (χ1) is 10.3. The van der Waals surface area contributed by atoms with E-state index in [0.29, 0.717) is 5.92 Å². The van der Waals surface area contributed by atoms with Gasteiger partial charge in [-0.25, -0.2) is 0 Å². The van der Waals surface area contributed by atoms with Gasteiger partial charge in [0.1, 0.15) is 0 Å². The van der Waals surface area contributed by atoms with Crippen molar-refractivity contribution in [3.63, 3.8) is 0 Å². The smallest absolute Gasteiger partial charge is 0.240 e. The highest BCUT2D eigenvalue weighted by molar-refractivity contribution is 5.82. The zero-order valence-electron chi connectivity index (χ0n) is 12.8. The fraction of sp³-hybridized carbons (Fsp3) is 0.588. The Morgan fingerprint density at radius 1 is 1.38 bits per heavy atom. The van der Waals surface area contributed by atoms with Crippen LogP contribution < -0.4 is 10.6 Å². The molecule has 114 valence electrons. The molecule has 2 aliphatic heterocycles. The molecule has 0 radical (unpaired) electrons. The largest absolute Gasteiger partial charge is 0.341 e. The molecule has 1 amide bonds. The monoisotopic (exact) mass is 287 g/mol. The highest BCUT2D eigenvalue weighted by Crippen LogP contribution is 2.20. The lowest BCUT2D eigenvalue weighted by atomic mass is 9.93. The van der Waals surface area contributed by atoms with E-state index in [2.05, 4.69) is 39.8 Å². The van der Waals surface area contributed by atoms with Crippen LogP contribution in [0.2, 0.25) is 0 Å². The number of carbonyl (C=O) groups excluding carboxylic acids is 1. The molecule has 1 saturated heterocycles. The minimum absolute atomic E-state index is 0.0479. The number of nitrogens with zero attached hydrogens (tertiary/aromatic N) is 1. The lowest BCUT2D eigenvalue weighted by Gasteiger charge is -2.36. The minimum atomic E-state index is -0.0479. The first-order valence-electron chi connectivity index (χ1n) is 8.01. The molecule has 0 aliphatic carbocycles. The third kappa shape index (κ3) is 3.27. The van der Waals surface area contributed by atoms with E-state index in [4.69, 9.17) is 0 Å². The second-order valence-electron chi connectivity index (χ2n) is 6.26. The maximum absolute atomic E-state index is 12.8. The van der Waals surface area contributed by atoms with Crippen molar-refractivity contribution in [2.24, 2.45) is 5.92 Å². The number of fused-ring (bicyclic) bond motifs is 1. The molecule has 1 aromatic rings. The molecule has 4 nitrogen and oxygen atoms in total. The zero-order valence-corrected chi connectivity index (χ0v) is 12.8. The van der Waals surface area contributed by atoms with Crippen molar-refractivity contribution in [3.05, 3.63) is 35.4 Å². The third-order valence-corrected chi connectivity index (χ3v) is 4.70. The summed E-state index contributed by atoms with van der Waals surface area (Å²) in [5, 5.41) is 6.65. The van der Waals surface area contributed by atoms with Gasteiger partial charge in [-0.15, -0.1) is 0 Å². The van der Waals surface area contributed by atoms with Crippen LogP contribution in [0.5, 0.6) is 0 Å². The van der Waals surface area contributed by atoms with Gasteiger partial charge in [-0.1, -0.05) is 24.3 Å². The van der Waals surface area contributed by atoms with Crippen molar-refractivity contribution in [1.82, 2.24) is 15.5 Å². The summed E-state index contributed by atoms with van der Waals surface area (Å²) in [5.74, 6) is 0.883. The lowest BCUT2D eigenvalue weighted by molar-refractivity contribution is -0.135. The second-order valence-corrected chi connectivity index (χ2v) is 6.26. The molecular weight excluding hydrogens is 262 g/mol. The Morgan fingerprint density at radius 3 is 3.00 bits per heavy atom. The van der Waals surface area contributed by atoms with E-state index < -0.39 is 0 Å². The van der Waals surface area contributed by atoms with Gasteiger partial charge in [0.25, 0.3) is 0 Å². The van der Waals surface area contributed by atoms with E-state index in [9.17, 15) is 4.79 Å². The molecule has 1 aromatic carbocycles. The second kappa shape index (κ2) is 6.58. The predicted molar refractivity (Wildman–Crippen MR) is 84.0 cm³/mol. The van der Waals surface area contributed by atoms with Gasteiger partial charge in [0, 0.05) is 19.6 Å². The molecule has 0 unspecified atom stereocenters. The summed E-state index contributed by atoms with van der Waals surface area (Å²) in [6.45, 7) is 3.63. The Morgan fingerprint density at radius 2 is 2.19 bits per heavy atom. The number of likely N-dealkylation sites (tertiary alicyclic amines) is 1. The molecule has 2 heterocycles. The maximum atomic E-state index is 12.8. The van der Waals surface area contributed by atoms with Gasteiger partial charge < -0.3 is 15.5 Å². The Bertz CT molecular complexity index is 501. The summed E-state index contributed by atoms with van der Waals surface area (Å²) in [6, 6.07) is 8.38. The number of hydrogen-bond donors (Lipinski definition) is 2. The SMILES string of the molecule is CNC[C@H]1CCCN(C(=O)[C@@H]2Cc3ccccc3CN2)C1. The van der Waals surface area contributed by atoms with Crippen molar-refractivity contribution in [2.75, 3.05) is 26.7 Å². The van der Waals surface area contributed by atoms with E-state index in [-0.39, 0.29) is 11.9 Å². The fourth-order valence-corrected chi connectivity index (χ4v) is 3.57. The zero-order chi connectivity index (χ0) is 14.7. The Balaban J connectivity index is 1.63. The number of carbonyl (C=O) groups is 1. The van der Waals surface area contributed by atoms with E-state index in [0.717, 1.165) is 39.0 Å². The van der Waals surface area contributed by atoms with E-state index in [1.54, 1.807) is 0 Å². The molecule has 2 N–H and O–H groups in total. The Kier molecular flexibility index (Phi) is 4.56. The summed E-state index contributed by atoms with van der Waals surface area (Å²) in [5.41, 5.74) is 2.65. The van der Waals surface area contributed by atoms with E-state index in [1.165, 1.54) is 17.5 Å². The topological polar surface area (TPSA) is 44.4 Å². The average Bonchev–Trinajstić information content (AvgIpc) is 2.54. The van der Waals surface area contributed by atoms with Gasteiger partial charge in [-0.2, -0.15) is 0 Å².